The third-order valence-electron chi connectivity index (χ3n) is 3.78. The fraction of sp³-hybridized carbons (Fsp3) is 0.200. The normalized spacial score (nSPS) is 14.3. The first-order valence-corrected chi connectivity index (χ1v) is 8.81. The molecule has 0 amide bonds. The molecule has 2 N–H and O–H groups in total. The lowest BCUT2D eigenvalue weighted by atomic mass is 10.2. The second-order valence-electron chi connectivity index (χ2n) is 5.07. The highest BCUT2D eigenvalue weighted by atomic mass is 79.9. The highest BCUT2D eigenvalue weighted by Crippen LogP contribution is 2.35. The number of nitrogens with two attached hydrogens (primary N) is 1. The maximum absolute atomic E-state index is 13.0. The summed E-state index contributed by atoms with van der Waals surface area (Å²) in [5.41, 5.74) is 8.77. The van der Waals surface area contributed by atoms with Gasteiger partial charge in [-0.05, 0) is 42.7 Å². The predicted molar refractivity (Wildman–Crippen MR) is 88.0 cm³/mol. The molecule has 110 valence electrons. The van der Waals surface area contributed by atoms with Gasteiger partial charge in [-0.15, -0.1) is 0 Å². The van der Waals surface area contributed by atoms with Gasteiger partial charge in [-0.1, -0.05) is 34.1 Å². The second kappa shape index (κ2) is 5.03. The van der Waals surface area contributed by atoms with Crippen LogP contribution in [0.5, 0.6) is 0 Å². The standard InChI is InChI=1S/C15H15BrN2O2S/c1-10-13(17)8-12(16)9-15(10)21(19,20)18-7-6-11-4-2-3-5-14(11)18/h2-5,8-9H,6-7,17H2,1H3. The summed E-state index contributed by atoms with van der Waals surface area (Å²) in [4.78, 5) is 0.256. The van der Waals surface area contributed by atoms with Crippen LogP contribution in [0.4, 0.5) is 11.4 Å². The summed E-state index contributed by atoms with van der Waals surface area (Å²) in [7, 11) is -3.60. The molecule has 6 heteroatoms. The van der Waals surface area contributed by atoms with Crippen molar-refractivity contribution in [1.29, 1.82) is 0 Å². The predicted octanol–water partition coefficient (Wildman–Crippen LogP) is 3.09. The number of hydrogen-bond donors (Lipinski definition) is 1. The Labute approximate surface area is 132 Å². The molecule has 1 aliphatic heterocycles. The maximum atomic E-state index is 13.0. The highest BCUT2D eigenvalue weighted by Gasteiger charge is 2.32. The van der Waals surface area contributed by atoms with Crippen molar-refractivity contribution < 1.29 is 8.42 Å². The van der Waals surface area contributed by atoms with Crippen LogP contribution < -0.4 is 10.0 Å². The van der Waals surface area contributed by atoms with E-state index >= 15 is 0 Å². The molecular weight excluding hydrogens is 352 g/mol. The lowest BCUT2D eigenvalue weighted by Crippen LogP contribution is -2.29. The van der Waals surface area contributed by atoms with Crippen molar-refractivity contribution in [3.05, 3.63) is 52.0 Å². The highest BCUT2D eigenvalue weighted by molar-refractivity contribution is 9.10. The van der Waals surface area contributed by atoms with Crippen LogP contribution in [-0.2, 0) is 16.4 Å². The Balaban J connectivity index is 2.15. The van der Waals surface area contributed by atoms with Crippen LogP contribution in [0, 0.1) is 6.92 Å². The molecule has 1 heterocycles. The van der Waals surface area contributed by atoms with Gasteiger partial charge >= 0.3 is 0 Å². The molecule has 4 nitrogen and oxygen atoms in total. The fourth-order valence-corrected chi connectivity index (χ4v) is 5.03. The molecule has 0 aromatic heterocycles. The van der Waals surface area contributed by atoms with Gasteiger partial charge in [0.15, 0.2) is 0 Å². The molecule has 2 aromatic rings. The minimum absolute atomic E-state index is 0.256. The maximum Gasteiger partial charge on any atom is 0.264 e. The van der Waals surface area contributed by atoms with Crippen LogP contribution in [0.15, 0.2) is 45.8 Å². The van der Waals surface area contributed by atoms with E-state index in [4.69, 9.17) is 5.73 Å². The molecule has 21 heavy (non-hydrogen) atoms. The van der Waals surface area contributed by atoms with Crippen LogP contribution in [0.2, 0.25) is 0 Å². The number of fused-ring (bicyclic) bond motifs is 1. The number of benzene rings is 2. The van der Waals surface area contributed by atoms with E-state index in [-0.39, 0.29) is 4.90 Å². The van der Waals surface area contributed by atoms with Crippen LogP contribution >= 0.6 is 15.9 Å². The van der Waals surface area contributed by atoms with Crippen molar-refractivity contribution in [3.63, 3.8) is 0 Å². The smallest absolute Gasteiger partial charge is 0.264 e. The molecule has 0 spiro atoms. The van der Waals surface area contributed by atoms with Gasteiger partial charge in [0, 0.05) is 16.7 Å². The van der Waals surface area contributed by atoms with Gasteiger partial charge in [-0.2, -0.15) is 0 Å². The van der Waals surface area contributed by atoms with Gasteiger partial charge in [0.05, 0.1) is 10.6 Å². The summed E-state index contributed by atoms with van der Waals surface area (Å²) >= 11 is 3.32. The lowest BCUT2D eigenvalue weighted by Gasteiger charge is -2.21. The number of nitrogens with zero attached hydrogens (tertiary/aromatic N) is 1. The van der Waals surface area contributed by atoms with E-state index in [0.717, 1.165) is 17.7 Å². The van der Waals surface area contributed by atoms with Gasteiger partial charge < -0.3 is 5.73 Å². The number of anilines is 2. The number of rotatable bonds is 2. The van der Waals surface area contributed by atoms with Crippen LogP contribution in [0.1, 0.15) is 11.1 Å². The Hall–Kier alpha value is -1.53. The average Bonchev–Trinajstić information content (AvgIpc) is 2.87. The summed E-state index contributed by atoms with van der Waals surface area (Å²) in [6, 6.07) is 10.9. The molecule has 0 bridgehead atoms. The zero-order chi connectivity index (χ0) is 15.2. The average molecular weight is 367 g/mol. The summed E-state index contributed by atoms with van der Waals surface area (Å²) in [6.45, 7) is 2.20. The first kappa shape index (κ1) is 14.4. The summed E-state index contributed by atoms with van der Waals surface area (Å²) in [5, 5.41) is 0. The van der Waals surface area contributed by atoms with E-state index in [0.29, 0.717) is 22.3 Å². The van der Waals surface area contributed by atoms with Crippen molar-refractivity contribution in [2.24, 2.45) is 0 Å². The Morgan fingerprint density at radius 2 is 1.95 bits per heavy atom. The molecule has 0 unspecified atom stereocenters. The fourth-order valence-electron chi connectivity index (χ4n) is 2.62. The van der Waals surface area contributed by atoms with Crippen LogP contribution in [0.3, 0.4) is 0 Å². The molecule has 0 atom stereocenters. The van der Waals surface area contributed by atoms with E-state index in [1.807, 2.05) is 24.3 Å². The molecule has 2 aromatic carbocycles. The Morgan fingerprint density at radius 3 is 2.71 bits per heavy atom. The molecule has 0 fully saturated rings. The number of para-hydroxylation sites is 1. The van der Waals surface area contributed by atoms with Crippen molar-refractivity contribution in [2.45, 2.75) is 18.2 Å². The molecule has 0 radical (unpaired) electrons. The molecule has 0 aliphatic carbocycles. The summed E-state index contributed by atoms with van der Waals surface area (Å²) in [5.74, 6) is 0. The SMILES string of the molecule is Cc1c(N)cc(Br)cc1S(=O)(=O)N1CCc2ccccc21. The molecule has 0 saturated carbocycles. The molecule has 0 saturated heterocycles. The van der Waals surface area contributed by atoms with Gasteiger partial charge in [0.2, 0.25) is 0 Å². The zero-order valence-electron chi connectivity index (χ0n) is 11.5. The van der Waals surface area contributed by atoms with Gasteiger partial charge in [-0.25, -0.2) is 8.42 Å². The number of sulfonamides is 1. The van der Waals surface area contributed by atoms with E-state index < -0.39 is 10.0 Å². The number of halogens is 1. The van der Waals surface area contributed by atoms with Crippen molar-refractivity contribution >= 4 is 37.3 Å². The van der Waals surface area contributed by atoms with E-state index in [1.165, 1.54) is 4.31 Å². The third kappa shape index (κ3) is 2.32. The quantitative estimate of drug-likeness (QED) is 0.830. The zero-order valence-corrected chi connectivity index (χ0v) is 13.9. The van der Waals surface area contributed by atoms with Gasteiger partial charge in [0.1, 0.15) is 0 Å². The van der Waals surface area contributed by atoms with Crippen molar-refractivity contribution in [2.75, 3.05) is 16.6 Å². The van der Waals surface area contributed by atoms with Crippen LogP contribution in [-0.4, -0.2) is 15.0 Å². The number of nitrogen functional groups attached to an aromatic ring is 1. The monoisotopic (exact) mass is 366 g/mol. The molecule has 1 aliphatic rings. The third-order valence-corrected chi connectivity index (χ3v) is 6.17. The van der Waals surface area contributed by atoms with Gasteiger partial charge in [0.25, 0.3) is 10.0 Å². The minimum atomic E-state index is -3.60. The molecule has 3 rings (SSSR count). The Morgan fingerprint density at radius 1 is 1.24 bits per heavy atom. The lowest BCUT2D eigenvalue weighted by molar-refractivity contribution is 0.591. The van der Waals surface area contributed by atoms with Crippen molar-refractivity contribution in [1.82, 2.24) is 0 Å². The Kier molecular flexibility index (Phi) is 3.45. The van der Waals surface area contributed by atoms with E-state index in [9.17, 15) is 8.42 Å². The minimum Gasteiger partial charge on any atom is -0.398 e. The topological polar surface area (TPSA) is 63.4 Å². The summed E-state index contributed by atoms with van der Waals surface area (Å²) in [6.07, 6.45) is 0.734. The summed E-state index contributed by atoms with van der Waals surface area (Å²) < 4.78 is 28.1. The van der Waals surface area contributed by atoms with Crippen LogP contribution in [0.25, 0.3) is 0 Å². The van der Waals surface area contributed by atoms with Gasteiger partial charge in [-0.3, -0.25) is 4.31 Å². The second-order valence-corrected chi connectivity index (χ2v) is 7.82. The number of hydrogen-bond acceptors (Lipinski definition) is 3. The van der Waals surface area contributed by atoms with E-state index in [2.05, 4.69) is 15.9 Å². The van der Waals surface area contributed by atoms with E-state index in [1.54, 1.807) is 19.1 Å². The first-order chi connectivity index (χ1) is 9.91. The molecular formula is C15H15BrN2O2S. The first-order valence-electron chi connectivity index (χ1n) is 6.57. The van der Waals surface area contributed by atoms with Crippen molar-refractivity contribution in [3.8, 4) is 0 Å². The largest absolute Gasteiger partial charge is 0.398 e. The Bertz CT molecular complexity index is 818.